The summed E-state index contributed by atoms with van der Waals surface area (Å²) < 4.78 is 12.1. The topological polar surface area (TPSA) is 21.7 Å². The molecule has 3 nitrogen and oxygen atoms in total. The highest BCUT2D eigenvalue weighted by molar-refractivity contribution is 5.60. The molecule has 2 aliphatic rings. The third kappa shape index (κ3) is 3.78. The van der Waals surface area contributed by atoms with Gasteiger partial charge in [-0.2, -0.15) is 0 Å². The lowest BCUT2D eigenvalue weighted by Crippen LogP contribution is -2.35. The molecule has 0 amide bonds. The molecule has 0 radical (unpaired) electrons. The van der Waals surface area contributed by atoms with E-state index in [2.05, 4.69) is 49.1 Å². The molecule has 136 valence electrons. The van der Waals surface area contributed by atoms with Crippen LogP contribution in [-0.4, -0.2) is 30.6 Å². The first-order valence-electron chi connectivity index (χ1n) is 9.60. The summed E-state index contributed by atoms with van der Waals surface area (Å²) in [5.74, 6) is 2.67. The Morgan fingerprint density at radius 3 is 2.73 bits per heavy atom. The average Bonchev–Trinajstić information content (AvgIpc) is 3.12. The molecule has 4 rings (SSSR count). The molecule has 1 unspecified atom stereocenters. The van der Waals surface area contributed by atoms with Crippen LogP contribution in [0.15, 0.2) is 54.6 Å². The third-order valence-electron chi connectivity index (χ3n) is 5.40. The zero-order valence-corrected chi connectivity index (χ0v) is 15.6. The Morgan fingerprint density at radius 1 is 1.15 bits per heavy atom. The van der Waals surface area contributed by atoms with Crippen LogP contribution in [0.5, 0.6) is 11.5 Å². The van der Waals surface area contributed by atoms with Gasteiger partial charge in [-0.3, -0.25) is 4.90 Å². The van der Waals surface area contributed by atoms with E-state index in [1.54, 1.807) is 0 Å². The fraction of sp³-hybridized carbons (Fsp3) is 0.391. The maximum absolute atomic E-state index is 6.10. The first-order valence-corrected chi connectivity index (χ1v) is 9.60. The molecule has 1 saturated heterocycles. The van der Waals surface area contributed by atoms with Crippen LogP contribution in [0.3, 0.4) is 0 Å². The van der Waals surface area contributed by atoms with E-state index in [-0.39, 0.29) is 6.10 Å². The summed E-state index contributed by atoms with van der Waals surface area (Å²) in [7, 11) is 0. The van der Waals surface area contributed by atoms with E-state index in [1.807, 2.05) is 30.3 Å². The molecule has 2 aliphatic heterocycles. The lowest BCUT2D eigenvalue weighted by atomic mass is 10.0. The molecule has 2 heterocycles. The molecule has 0 spiro atoms. The normalized spacial score (nSPS) is 23.3. The van der Waals surface area contributed by atoms with E-state index in [1.165, 1.54) is 19.5 Å². The van der Waals surface area contributed by atoms with E-state index in [4.69, 9.17) is 9.47 Å². The fourth-order valence-electron chi connectivity index (χ4n) is 3.72. The Bertz CT molecular complexity index is 768. The van der Waals surface area contributed by atoms with Crippen molar-refractivity contribution < 1.29 is 9.47 Å². The summed E-state index contributed by atoms with van der Waals surface area (Å²) in [5.41, 5.74) is 2.28. The van der Waals surface area contributed by atoms with Crippen molar-refractivity contribution in [1.82, 2.24) is 4.90 Å². The van der Waals surface area contributed by atoms with Gasteiger partial charge in [0.1, 0.15) is 24.2 Å². The van der Waals surface area contributed by atoms with Crippen molar-refractivity contribution in [2.45, 2.75) is 32.4 Å². The van der Waals surface area contributed by atoms with Crippen molar-refractivity contribution in [3.8, 4) is 11.5 Å². The molecule has 2 aromatic carbocycles. The van der Waals surface area contributed by atoms with Gasteiger partial charge in [0.25, 0.3) is 0 Å². The zero-order valence-electron chi connectivity index (χ0n) is 15.6. The van der Waals surface area contributed by atoms with Gasteiger partial charge in [-0.05, 0) is 55.6 Å². The van der Waals surface area contributed by atoms with Gasteiger partial charge in [-0.25, -0.2) is 0 Å². The molecule has 0 aliphatic carbocycles. The van der Waals surface area contributed by atoms with E-state index in [9.17, 15) is 0 Å². The molecular formula is C23H27NO2. The SMILES string of the molecule is C[C@@H]1CCN([C@@H](C)COc2ccc(C3C=Cc4ccccc4O3)cc2)C1. The smallest absolute Gasteiger partial charge is 0.142 e. The van der Waals surface area contributed by atoms with E-state index >= 15 is 0 Å². The second-order valence-corrected chi connectivity index (χ2v) is 7.55. The molecule has 0 bridgehead atoms. The van der Waals surface area contributed by atoms with Gasteiger partial charge in [-0.1, -0.05) is 43.3 Å². The second kappa shape index (κ2) is 7.55. The van der Waals surface area contributed by atoms with Crippen LogP contribution < -0.4 is 9.47 Å². The zero-order chi connectivity index (χ0) is 17.9. The lowest BCUT2D eigenvalue weighted by molar-refractivity contribution is 0.169. The standard InChI is InChI=1S/C23H27NO2/c1-17-13-14-24(15-17)18(2)16-25-21-10-7-20(8-11-21)23-12-9-19-5-3-4-6-22(19)26-23/h3-12,17-18,23H,13-16H2,1-2H3/t17-,18+,23?/m1/s1. The molecule has 2 aromatic rings. The number of rotatable bonds is 5. The fourth-order valence-corrected chi connectivity index (χ4v) is 3.72. The summed E-state index contributed by atoms with van der Waals surface area (Å²) >= 11 is 0. The van der Waals surface area contributed by atoms with E-state index in [0.717, 1.165) is 35.2 Å². The van der Waals surface area contributed by atoms with Crippen molar-refractivity contribution in [3.63, 3.8) is 0 Å². The lowest BCUT2D eigenvalue weighted by Gasteiger charge is -2.24. The predicted molar refractivity (Wildman–Crippen MR) is 106 cm³/mol. The molecule has 3 heteroatoms. The van der Waals surface area contributed by atoms with Crippen LogP contribution in [-0.2, 0) is 0 Å². The van der Waals surface area contributed by atoms with Crippen molar-refractivity contribution in [3.05, 3.63) is 65.7 Å². The highest BCUT2D eigenvalue weighted by atomic mass is 16.5. The number of ether oxygens (including phenoxy) is 2. The molecule has 0 aromatic heterocycles. The monoisotopic (exact) mass is 349 g/mol. The van der Waals surface area contributed by atoms with Crippen molar-refractivity contribution in [2.75, 3.05) is 19.7 Å². The third-order valence-corrected chi connectivity index (χ3v) is 5.40. The van der Waals surface area contributed by atoms with Crippen LogP contribution in [0.25, 0.3) is 6.08 Å². The molecule has 1 fully saturated rings. The number of likely N-dealkylation sites (tertiary alicyclic amines) is 1. The van der Waals surface area contributed by atoms with Gasteiger partial charge in [0.15, 0.2) is 0 Å². The van der Waals surface area contributed by atoms with Crippen molar-refractivity contribution >= 4 is 6.08 Å². The van der Waals surface area contributed by atoms with E-state index in [0.29, 0.717) is 6.04 Å². The maximum Gasteiger partial charge on any atom is 0.142 e. The van der Waals surface area contributed by atoms with Gasteiger partial charge in [0.2, 0.25) is 0 Å². The number of benzene rings is 2. The predicted octanol–water partition coefficient (Wildman–Crippen LogP) is 4.94. The summed E-state index contributed by atoms with van der Waals surface area (Å²) in [4.78, 5) is 2.52. The summed E-state index contributed by atoms with van der Waals surface area (Å²) in [6, 6.07) is 16.9. The Balaban J connectivity index is 1.34. The minimum atomic E-state index is -0.0380. The van der Waals surface area contributed by atoms with Crippen LogP contribution in [0, 0.1) is 5.92 Å². The largest absolute Gasteiger partial charge is 0.492 e. The van der Waals surface area contributed by atoms with Crippen LogP contribution in [0.2, 0.25) is 0 Å². The number of nitrogens with zero attached hydrogens (tertiary/aromatic N) is 1. The minimum absolute atomic E-state index is 0.0380. The van der Waals surface area contributed by atoms with Gasteiger partial charge < -0.3 is 9.47 Å². The first-order chi connectivity index (χ1) is 12.7. The number of fused-ring (bicyclic) bond motifs is 1. The Hall–Kier alpha value is -2.26. The quantitative estimate of drug-likeness (QED) is 0.763. The van der Waals surface area contributed by atoms with Gasteiger partial charge >= 0.3 is 0 Å². The van der Waals surface area contributed by atoms with Crippen molar-refractivity contribution in [1.29, 1.82) is 0 Å². The molecule has 0 saturated carbocycles. The van der Waals surface area contributed by atoms with Gasteiger partial charge in [0.05, 0.1) is 0 Å². The number of para-hydroxylation sites is 1. The molecule has 0 N–H and O–H groups in total. The number of hydrogen-bond acceptors (Lipinski definition) is 3. The Morgan fingerprint density at radius 2 is 1.96 bits per heavy atom. The second-order valence-electron chi connectivity index (χ2n) is 7.55. The van der Waals surface area contributed by atoms with Crippen molar-refractivity contribution in [2.24, 2.45) is 5.92 Å². The van der Waals surface area contributed by atoms with Gasteiger partial charge in [-0.15, -0.1) is 0 Å². The average molecular weight is 349 g/mol. The highest BCUT2D eigenvalue weighted by Gasteiger charge is 2.23. The summed E-state index contributed by atoms with van der Waals surface area (Å²) in [5, 5.41) is 0. The highest BCUT2D eigenvalue weighted by Crippen LogP contribution is 2.32. The molecule has 3 atom stereocenters. The van der Waals surface area contributed by atoms with Crippen LogP contribution in [0.1, 0.15) is 37.5 Å². The minimum Gasteiger partial charge on any atom is -0.492 e. The summed E-state index contributed by atoms with van der Waals surface area (Å²) in [6.07, 6.45) is 5.50. The van der Waals surface area contributed by atoms with Crippen LogP contribution in [0.4, 0.5) is 0 Å². The molecular weight excluding hydrogens is 322 g/mol. The molecule has 26 heavy (non-hydrogen) atoms. The maximum atomic E-state index is 6.10. The Labute approximate surface area is 156 Å². The Kier molecular flexibility index (Phi) is 4.98. The number of hydrogen-bond donors (Lipinski definition) is 0. The van der Waals surface area contributed by atoms with E-state index < -0.39 is 0 Å². The van der Waals surface area contributed by atoms with Crippen LogP contribution >= 0.6 is 0 Å². The van der Waals surface area contributed by atoms with Gasteiger partial charge in [0, 0.05) is 18.2 Å². The summed E-state index contributed by atoms with van der Waals surface area (Å²) in [6.45, 7) is 7.70. The first kappa shape index (κ1) is 17.2.